The third-order valence-electron chi connectivity index (χ3n) is 6.34. The Balaban J connectivity index is 1.38. The summed E-state index contributed by atoms with van der Waals surface area (Å²) in [4.78, 5) is 19.6. The SMILES string of the molecule is Cc1cnc(CC2CCN(C(=O)C3CCCCC3)C2)n1Cc1ccccc1. The van der Waals surface area contributed by atoms with Crippen LogP contribution in [0.25, 0.3) is 0 Å². The van der Waals surface area contributed by atoms with E-state index in [9.17, 15) is 4.79 Å². The Morgan fingerprint density at radius 3 is 2.67 bits per heavy atom. The maximum absolute atomic E-state index is 12.8. The van der Waals surface area contributed by atoms with Gasteiger partial charge in [0.15, 0.2) is 0 Å². The van der Waals surface area contributed by atoms with Crippen LogP contribution in [-0.2, 0) is 17.8 Å². The number of imidazole rings is 1. The van der Waals surface area contributed by atoms with Crippen molar-refractivity contribution >= 4 is 5.91 Å². The zero-order chi connectivity index (χ0) is 18.6. The van der Waals surface area contributed by atoms with Gasteiger partial charge in [-0.15, -0.1) is 0 Å². The van der Waals surface area contributed by atoms with E-state index in [1.807, 2.05) is 6.20 Å². The molecular weight excluding hydrogens is 334 g/mol. The van der Waals surface area contributed by atoms with Crippen molar-refractivity contribution in [3.05, 3.63) is 53.6 Å². The van der Waals surface area contributed by atoms with Crippen LogP contribution < -0.4 is 0 Å². The minimum absolute atomic E-state index is 0.291. The van der Waals surface area contributed by atoms with Crippen molar-refractivity contribution in [3.63, 3.8) is 0 Å². The van der Waals surface area contributed by atoms with Crippen molar-refractivity contribution in [2.75, 3.05) is 13.1 Å². The minimum Gasteiger partial charge on any atom is -0.342 e. The maximum atomic E-state index is 12.8. The van der Waals surface area contributed by atoms with Gasteiger partial charge < -0.3 is 9.47 Å². The first-order valence-electron chi connectivity index (χ1n) is 10.5. The Labute approximate surface area is 162 Å². The number of rotatable bonds is 5. The lowest BCUT2D eigenvalue weighted by Crippen LogP contribution is -2.35. The van der Waals surface area contributed by atoms with Crippen LogP contribution in [0.4, 0.5) is 0 Å². The number of carbonyl (C=O) groups is 1. The Morgan fingerprint density at radius 1 is 1.11 bits per heavy atom. The van der Waals surface area contributed by atoms with E-state index < -0.39 is 0 Å². The average Bonchev–Trinajstić information content (AvgIpc) is 3.31. The Bertz CT molecular complexity index is 761. The molecule has 0 N–H and O–H groups in total. The van der Waals surface area contributed by atoms with Gasteiger partial charge in [-0.2, -0.15) is 0 Å². The van der Waals surface area contributed by atoms with E-state index in [0.29, 0.717) is 17.7 Å². The Kier molecular flexibility index (Phi) is 5.61. The summed E-state index contributed by atoms with van der Waals surface area (Å²) in [5.74, 6) is 2.41. The molecule has 1 unspecified atom stereocenters. The lowest BCUT2D eigenvalue weighted by atomic mass is 9.88. The van der Waals surface area contributed by atoms with Gasteiger partial charge in [-0.1, -0.05) is 49.6 Å². The molecule has 1 saturated carbocycles. The third-order valence-corrected chi connectivity index (χ3v) is 6.34. The van der Waals surface area contributed by atoms with E-state index in [4.69, 9.17) is 4.98 Å². The molecule has 0 radical (unpaired) electrons. The Morgan fingerprint density at radius 2 is 1.89 bits per heavy atom. The van der Waals surface area contributed by atoms with Gasteiger partial charge in [0.2, 0.25) is 5.91 Å². The smallest absolute Gasteiger partial charge is 0.225 e. The summed E-state index contributed by atoms with van der Waals surface area (Å²) in [6.07, 6.45) is 10.0. The first-order valence-corrected chi connectivity index (χ1v) is 10.5. The topological polar surface area (TPSA) is 38.1 Å². The van der Waals surface area contributed by atoms with Crippen molar-refractivity contribution in [1.82, 2.24) is 14.5 Å². The largest absolute Gasteiger partial charge is 0.342 e. The number of aryl methyl sites for hydroxylation is 1. The molecule has 1 aromatic carbocycles. The van der Waals surface area contributed by atoms with Crippen LogP contribution in [0.2, 0.25) is 0 Å². The van der Waals surface area contributed by atoms with E-state index in [1.54, 1.807) is 0 Å². The number of hydrogen-bond acceptors (Lipinski definition) is 2. The fourth-order valence-corrected chi connectivity index (χ4v) is 4.72. The van der Waals surface area contributed by atoms with Gasteiger partial charge in [0.05, 0.1) is 0 Å². The number of likely N-dealkylation sites (tertiary alicyclic amines) is 1. The first kappa shape index (κ1) is 18.3. The molecule has 1 atom stereocenters. The monoisotopic (exact) mass is 365 g/mol. The highest BCUT2D eigenvalue weighted by Gasteiger charge is 2.32. The molecule has 27 heavy (non-hydrogen) atoms. The molecule has 2 heterocycles. The van der Waals surface area contributed by atoms with Crippen LogP contribution in [-0.4, -0.2) is 33.4 Å². The van der Waals surface area contributed by atoms with Gasteiger partial charge in [-0.05, 0) is 37.7 Å². The number of nitrogens with zero attached hydrogens (tertiary/aromatic N) is 3. The summed E-state index contributed by atoms with van der Waals surface area (Å²) in [6.45, 7) is 4.84. The predicted molar refractivity (Wildman–Crippen MR) is 107 cm³/mol. The van der Waals surface area contributed by atoms with Crippen molar-refractivity contribution in [3.8, 4) is 0 Å². The summed E-state index contributed by atoms with van der Waals surface area (Å²) in [6, 6.07) is 10.6. The van der Waals surface area contributed by atoms with E-state index in [2.05, 4.69) is 46.7 Å². The first-order chi connectivity index (χ1) is 13.2. The van der Waals surface area contributed by atoms with E-state index in [1.165, 1.54) is 30.5 Å². The van der Waals surface area contributed by atoms with Gasteiger partial charge in [-0.25, -0.2) is 4.98 Å². The number of aromatic nitrogens is 2. The van der Waals surface area contributed by atoms with Crippen molar-refractivity contribution in [2.45, 2.75) is 58.4 Å². The number of benzene rings is 1. The molecule has 2 aromatic rings. The van der Waals surface area contributed by atoms with Gasteiger partial charge in [0.25, 0.3) is 0 Å². The van der Waals surface area contributed by atoms with Crippen LogP contribution in [0, 0.1) is 18.8 Å². The summed E-state index contributed by atoms with van der Waals surface area (Å²) in [7, 11) is 0. The molecule has 4 heteroatoms. The second kappa shape index (κ2) is 8.28. The van der Waals surface area contributed by atoms with E-state index in [0.717, 1.165) is 51.1 Å². The van der Waals surface area contributed by atoms with Crippen LogP contribution >= 0.6 is 0 Å². The second-order valence-electron chi connectivity index (χ2n) is 8.37. The van der Waals surface area contributed by atoms with Gasteiger partial charge in [0.1, 0.15) is 5.82 Å². The summed E-state index contributed by atoms with van der Waals surface area (Å²) in [5, 5.41) is 0. The molecule has 1 aliphatic heterocycles. The molecule has 0 bridgehead atoms. The number of carbonyl (C=O) groups excluding carboxylic acids is 1. The van der Waals surface area contributed by atoms with Crippen LogP contribution in [0.3, 0.4) is 0 Å². The molecule has 144 valence electrons. The summed E-state index contributed by atoms with van der Waals surface area (Å²) >= 11 is 0. The molecule has 0 spiro atoms. The molecule has 2 aliphatic rings. The summed E-state index contributed by atoms with van der Waals surface area (Å²) in [5.41, 5.74) is 2.52. The van der Waals surface area contributed by atoms with Gasteiger partial charge in [-0.3, -0.25) is 4.79 Å². The molecule has 1 aromatic heterocycles. The number of hydrogen-bond donors (Lipinski definition) is 0. The Hall–Kier alpha value is -2.10. The standard InChI is InChI=1S/C23H31N3O/c1-18-15-24-22(26(18)17-19-8-4-2-5-9-19)14-20-12-13-25(16-20)23(27)21-10-6-3-7-11-21/h2,4-5,8-9,15,20-21H,3,6-7,10-14,16-17H2,1H3. The van der Waals surface area contributed by atoms with Crippen molar-refractivity contribution in [1.29, 1.82) is 0 Å². The molecule has 4 nitrogen and oxygen atoms in total. The zero-order valence-electron chi connectivity index (χ0n) is 16.4. The highest BCUT2D eigenvalue weighted by molar-refractivity contribution is 5.79. The van der Waals surface area contributed by atoms with Gasteiger partial charge in [0, 0.05) is 43.9 Å². The third kappa shape index (κ3) is 4.26. The van der Waals surface area contributed by atoms with Crippen LogP contribution in [0.5, 0.6) is 0 Å². The quantitative estimate of drug-likeness (QED) is 0.796. The predicted octanol–water partition coefficient (Wildman–Crippen LogP) is 4.21. The highest BCUT2D eigenvalue weighted by atomic mass is 16.2. The molecule has 1 amide bonds. The van der Waals surface area contributed by atoms with Gasteiger partial charge >= 0.3 is 0 Å². The maximum Gasteiger partial charge on any atom is 0.225 e. The van der Waals surface area contributed by atoms with Crippen LogP contribution in [0.15, 0.2) is 36.5 Å². The number of amides is 1. The fourth-order valence-electron chi connectivity index (χ4n) is 4.72. The molecule has 4 rings (SSSR count). The lowest BCUT2D eigenvalue weighted by molar-refractivity contribution is -0.135. The van der Waals surface area contributed by atoms with Crippen LogP contribution in [0.1, 0.15) is 55.6 Å². The highest BCUT2D eigenvalue weighted by Crippen LogP contribution is 2.29. The lowest BCUT2D eigenvalue weighted by Gasteiger charge is -2.26. The van der Waals surface area contributed by atoms with E-state index >= 15 is 0 Å². The summed E-state index contributed by atoms with van der Waals surface area (Å²) < 4.78 is 2.33. The second-order valence-corrected chi connectivity index (χ2v) is 8.37. The average molecular weight is 366 g/mol. The molecule has 1 saturated heterocycles. The molecule has 2 fully saturated rings. The van der Waals surface area contributed by atoms with E-state index in [-0.39, 0.29) is 0 Å². The minimum atomic E-state index is 0.291. The van der Waals surface area contributed by atoms with Crippen molar-refractivity contribution in [2.24, 2.45) is 11.8 Å². The van der Waals surface area contributed by atoms with Crippen molar-refractivity contribution < 1.29 is 4.79 Å². The molecule has 1 aliphatic carbocycles. The molecular formula is C23H31N3O. The normalized spacial score (nSPS) is 20.9. The zero-order valence-corrected chi connectivity index (χ0v) is 16.4. The fraction of sp³-hybridized carbons (Fsp3) is 0.565.